The van der Waals surface area contributed by atoms with E-state index in [2.05, 4.69) is 158 Å². The van der Waals surface area contributed by atoms with Crippen LogP contribution in [-0.2, 0) is 0 Å². The summed E-state index contributed by atoms with van der Waals surface area (Å²) in [7, 11) is 0. The fraction of sp³-hybridized carbons (Fsp3) is 0. The number of rotatable bonds is 6. The van der Waals surface area contributed by atoms with Crippen molar-refractivity contribution in [2.75, 3.05) is 0 Å². The van der Waals surface area contributed by atoms with Crippen LogP contribution in [0.5, 0.6) is 0 Å². The van der Waals surface area contributed by atoms with Crippen molar-refractivity contribution in [2.45, 2.75) is 0 Å². The van der Waals surface area contributed by atoms with Crippen LogP contribution in [-0.4, -0.2) is 9.97 Å². The molecule has 46 heavy (non-hydrogen) atoms. The lowest BCUT2D eigenvalue weighted by atomic mass is 9.91. The second-order valence-corrected chi connectivity index (χ2v) is 11.4. The van der Waals surface area contributed by atoms with Gasteiger partial charge in [-0.05, 0) is 57.3 Å². The van der Waals surface area contributed by atoms with Crippen molar-refractivity contribution in [3.05, 3.63) is 182 Å². The lowest BCUT2D eigenvalue weighted by Gasteiger charge is -2.15. The van der Waals surface area contributed by atoms with Crippen LogP contribution >= 0.6 is 0 Å². The number of hydrogen-bond acceptors (Lipinski definition) is 2. The highest BCUT2D eigenvalue weighted by atomic mass is 14.7. The van der Waals surface area contributed by atoms with E-state index in [-0.39, 0.29) is 0 Å². The van der Waals surface area contributed by atoms with E-state index in [0.717, 1.165) is 56.2 Å². The zero-order valence-electron chi connectivity index (χ0n) is 25.2. The molecule has 2 nitrogen and oxygen atoms in total. The Balaban J connectivity index is 1.33. The second-order valence-electron chi connectivity index (χ2n) is 11.4. The Bertz CT molecular complexity index is 2000. The van der Waals surface area contributed by atoms with Crippen molar-refractivity contribution in [1.82, 2.24) is 9.97 Å². The van der Waals surface area contributed by atoms with Crippen LogP contribution in [0, 0.1) is 0 Å². The summed E-state index contributed by atoms with van der Waals surface area (Å²) in [6.07, 6.45) is 0. The molecule has 0 aliphatic heterocycles. The van der Waals surface area contributed by atoms with Crippen molar-refractivity contribution in [3.63, 3.8) is 0 Å². The van der Waals surface area contributed by atoms with Crippen LogP contribution in [0.2, 0.25) is 0 Å². The molecule has 0 spiro atoms. The highest BCUT2D eigenvalue weighted by Crippen LogP contribution is 2.39. The van der Waals surface area contributed by atoms with E-state index >= 15 is 0 Å². The third kappa shape index (κ3) is 5.38. The van der Waals surface area contributed by atoms with Crippen molar-refractivity contribution in [1.29, 1.82) is 0 Å². The number of nitrogens with zero attached hydrogens (tertiary/aromatic N) is 2. The summed E-state index contributed by atoms with van der Waals surface area (Å²) < 4.78 is 0. The van der Waals surface area contributed by atoms with Crippen molar-refractivity contribution >= 4 is 10.8 Å². The van der Waals surface area contributed by atoms with Gasteiger partial charge < -0.3 is 0 Å². The third-order valence-corrected chi connectivity index (χ3v) is 8.47. The molecule has 0 saturated heterocycles. The van der Waals surface area contributed by atoms with Crippen LogP contribution in [0.25, 0.3) is 78.1 Å². The van der Waals surface area contributed by atoms with E-state index in [1.165, 1.54) is 21.9 Å². The number of aromatic nitrogens is 2. The minimum absolute atomic E-state index is 0.958. The molecule has 8 rings (SSSR count). The van der Waals surface area contributed by atoms with E-state index in [1.807, 2.05) is 24.3 Å². The average molecular weight is 587 g/mol. The fourth-order valence-corrected chi connectivity index (χ4v) is 6.21. The second kappa shape index (κ2) is 12.1. The maximum Gasteiger partial charge on any atom is 0.0715 e. The first-order valence-corrected chi connectivity index (χ1v) is 15.6. The molecule has 0 aliphatic carbocycles. The van der Waals surface area contributed by atoms with Gasteiger partial charge in [-0.25, -0.2) is 9.97 Å². The maximum absolute atomic E-state index is 5.11. The molecule has 6 aromatic carbocycles. The van der Waals surface area contributed by atoms with E-state index in [4.69, 9.17) is 9.97 Å². The fourth-order valence-electron chi connectivity index (χ4n) is 6.21. The lowest BCUT2D eigenvalue weighted by molar-refractivity contribution is 1.32. The van der Waals surface area contributed by atoms with Gasteiger partial charge >= 0.3 is 0 Å². The monoisotopic (exact) mass is 586 g/mol. The van der Waals surface area contributed by atoms with Gasteiger partial charge in [0.05, 0.1) is 22.8 Å². The van der Waals surface area contributed by atoms with Gasteiger partial charge in [-0.2, -0.15) is 0 Å². The summed E-state index contributed by atoms with van der Waals surface area (Å²) in [6, 6.07) is 63.9. The molecule has 216 valence electrons. The van der Waals surface area contributed by atoms with Gasteiger partial charge in [0.25, 0.3) is 0 Å². The smallest absolute Gasteiger partial charge is 0.0715 e. The Morgan fingerprint density at radius 2 is 0.522 bits per heavy atom. The molecule has 2 heterocycles. The van der Waals surface area contributed by atoms with Crippen molar-refractivity contribution in [3.8, 4) is 67.3 Å². The molecule has 2 heteroatoms. The first kappa shape index (κ1) is 27.4. The average Bonchev–Trinajstić information content (AvgIpc) is 3.15. The van der Waals surface area contributed by atoms with E-state index in [1.54, 1.807) is 0 Å². The summed E-state index contributed by atoms with van der Waals surface area (Å²) in [6.45, 7) is 0. The molecule has 0 N–H and O–H groups in total. The number of pyridine rings is 2. The Labute approximate surface area is 269 Å². The summed E-state index contributed by atoms with van der Waals surface area (Å²) in [5.74, 6) is 0. The SMILES string of the molecule is c1ccc(-c2cc(-c3cccc4c(-c5cc(-c6ccccc6)nc(-c6ccccc6)c5)cccc34)cc(-c3ccccc3)n2)cc1. The molecule has 2 aromatic heterocycles. The highest BCUT2D eigenvalue weighted by Gasteiger charge is 2.15. The Morgan fingerprint density at radius 1 is 0.239 bits per heavy atom. The van der Waals surface area contributed by atoms with Crippen molar-refractivity contribution in [2.24, 2.45) is 0 Å². The van der Waals surface area contributed by atoms with E-state index in [9.17, 15) is 0 Å². The van der Waals surface area contributed by atoms with Gasteiger partial charge in [0.2, 0.25) is 0 Å². The summed E-state index contributed by atoms with van der Waals surface area (Å²) in [5.41, 5.74) is 12.9. The first-order chi connectivity index (χ1) is 22.8. The van der Waals surface area contributed by atoms with Crippen molar-refractivity contribution < 1.29 is 0 Å². The van der Waals surface area contributed by atoms with Crippen LogP contribution in [0.15, 0.2) is 182 Å². The van der Waals surface area contributed by atoms with Gasteiger partial charge in [0.15, 0.2) is 0 Å². The molecule has 0 saturated carbocycles. The van der Waals surface area contributed by atoms with Gasteiger partial charge in [-0.1, -0.05) is 158 Å². The number of hydrogen-bond donors (Lipinski definition) is 0. The minimum Gasteiger partial charge on any atom is -0.248 e. The van der Waals surface area contributed by atoms with Crippen LogP contribution in [0.1, 0.15) is 0 Å². The quantitative estimate of drug-likeness (QED) is 0.194. The molecule has 8 aromatic rings. The standard InChI is InChI=1S/C44H30N2/c1-5-15-31(16-6-1)41-27-35(28-42(45-41)32-17-7-2-8-18-32)37-23-13-26-40-38(24-14-25-39(37)40)36-29-43(33-19-9-3-10-20-33)46-44(30-36)34-21-11-4-12-22-34/h1-30H. The molecule has 0 radical (unpaired) electrons. The summed E-state index contributed by atoms with van der Waals surface area (Å²) in [4.78, 5) is 10.2. The van der Waals surface area contributed by atoms with Crippen LogP contribution in [0.4, 0.5) is 0 Å². The molecule has 0 atom stereocenters. The van der Waals surface area contributed by atoms with E-state index in [0.29, 0.717) is 0 Å². The molecule has 0 aliphatic rings. The zero-order valence-corrected chi connectivity index (χ0v) is 25.2. The Hall–Kier alpha value is -6.12. The summed E-state index contributed by atoms with van der Waals surface area (Å²) in [5, 5.41) is 2.40. The van der Waals surface area contributed by atoms with Gasteiger partial charge in [-0.3, -0.25) is 0 Å². The molecule has 0 fully saturated rings. The largest absolute Gasteiger partial charge is 0.248 e. The van der Waals surface area contributed by atoms with Crippen LogP contribution in [0.3, 0.4) is 0 Å². The molecule has 0 bridgehead atoms. The molecular weight excluding hydrogens is 556 g/mol. The topological polar surface area (TPSA) is 25.8 Å². The highest BCUT2D eigenvalue weighted by molar-refractivity contribution is 6.05. The lowest BCUT2D eigenvalue weighted by Crippen LogP contribution is -1.93. The predicted octanol–water partition coefficient (Wildman–Crippen LogP) is 11.6. The third-order valence-electron chi connectivity index (χ3n) is 8.47. The first-order valence-electron chi connectivity index (χ1n) is 15.6. The zero-order chi connectivity index (χ0) is 30.7. The van der Waals surface area contributed by atoms with Gasteiger partial charge in [0.1, 0.15) is 0 Å². The Morgan fingerprint density at radius 3 is 0.804 bits per heavy atom. The van der Waals surface area contributed by atoms with Crippen LogP contribution < -0.4 is 0 Å². The molecular formula is C44H30N2. The van der Waals surface area contributed by atoms with Gasteiger partial charge in [0, 0.05) is 22.3 Å². The number of benzene rings is 6. The maximum atomic E-state index is 5.11. The predicted molar refractivity (Wildman–Crippen MR) is 192 cm³/mol. The minimum atomic E-state index is 0.958. The molecule has 0 amide bonds. The molecule has 0 unspecified atom stereocenters. The Kier molecular flexibility index (Phi) is 7.22. The normalized spacial score (nSPS) is 11.0. The summed E-state index contributed by atoms with van der Waals surface area (Å²) >= 11 is 0. The van der Waals surface area contributed by atoms with Gasteiger partial charge in [-0.15, -0.1) is 0 Å². The number of fused-ring (bicyclic) bond motifs is 1. The van der Waals surface area contributed by atoms with E-state index < -0.39 is 0 Å².